The van der Waals surface area contributed by atoms with Crippen molar-refractivity contribution in [3.8, 4) is 5.75 Å². The fraction of sp³-hybridized carbons (Fsp3) is 0.433. The molecule has 5 aliphatic rings. The van der Waals surface area contributed by atoms with Gasteiger partial charge in [0.1, 0.15) is 12.3 Å². The standard InChI is InChI=1S/C30H31ClN2O4S/c1-17-3-5-23(12-24(17)31)32-27(34)16-33-28(35)26(38-29(33)36)11-21-10-22(4-6-25(21)37-2)30-13-18-7-19(14-30)9-20(8-18)15-30/h3-6,10-12,18-20H,7-9,13-16H2,1-2H3,(H,32,34)/b26-11+. The maximum Gasteiger partial charge on any atom is 0.294 e. The van der Waals surface area contributed by atoms with Crippen molar-refractivity contribution < 1.29 is 19.1 Å². The molecule has 6 nitrogen and oxygen atoms in total. The SMILES string of the molecule is COc1ccc(C23CC4CC(CC(C4)C2)C3)cc1/C=C1/SC(=O)N(CC(=O)Nc2ccc(C)c(Cl)c2)C1=O. The second-order valence-corrected chi connectivity index (χ2v) is 12.8. The van der Waals surface area contributed by atoms with Crippen LogP contribution in [0.3, 0.4) is 0 Å². The van der Waals surface area contributed by atoms with Crippen molar-refractivity contribution in [2.45, 2.75) is 50.9 Å². The lowest BCUT2D eigenvalue weighted by Gasteiger charge is -2.57. The lowest BCUT2D eigenvalue weighted by atomic mass is 9.48. The third-order valence-electron chi connectivity index (χ3n) is 8.80. The van der Waals surface area contributed by atoms with Crippen LogP contribution < -0.4 is 10.1 Å². The molecular formula is C30H31ClN2O4S. The molecule has 8 heteroatoms. The van der Waals surface area contributed by atoms with Crippen LogP contribution in [-0.2, 0) is 15.0 Å². The first kappa shape index (κ1) is 25.5. The van der Waals surface area contributed by atoms with Gasteiger partial charge in [0.05, 0.1) is 12.0 Å². The van der Waals surface area contributed by atoms with Gasteiger partial charge in [-0.3, -0.25) is 19.3 Å². The molecule has 4 bridgehead atoms. The van der Waals surface area contributed by atoms with Crippen LogP contribution in [0.1, 0.15) is 55.2 Å². The number of hydrogen-bond donors (Lipinski definition) is 1. The fourth-order valence-electron chi connectivity index (χ4n) is 7.43. The van der Waals surface area contributed by atoms with Gasteiger partial charge < -0.3 is 10.1 Å². The average Bonchev–Trinajstić information content (AvgIpc) is 3.12. The number of amides is 3. The molecule has 4 saturated carbocycles. The summed E-state index contributed by atoms with van der Waals surface area (Å²) in [5.74, 6) is 2.20. The van der Waals surface area contributed by atoms with E-state index in [2.05, 4.69) is 17.4 Å². The number of aryl methyl sites for hydroxylation is 1. The smallest absolute Gasteiger partial charge is 0.294 e. The van der Waals surface area contributed by atoms with Crippen molar-refractivity contribution in [1.29, 1.82) is 0 Å². The number of carbonyl (C=O) groups excluding carboxylic acids is 3. The Morgan fingerprint density at radius 3 is 2.42 bits per heavy atom. The number of rotatable bonds is 6. The molecule has 198 valence electrons. The predicted octanol–water partition coefficient (Wildman–Crippen LogP) is 6.80. The number of carbonyl (C=O) groups is 3. The molecule has 3 amide bonds. The Balaban J connectivity index is 1.22. The number of hydrogen-bond acceptors (Lipinski definition) is 5. The van der Waals surface area contributed by atoms with Crippen LogP contribution in [0.4, 0.5) is 10.5 Å². The number of methoxy groups -OCH3 is 1. The summed E-state index contributed by atoms with van der Waals surface area (Å²) in [6.45, 7) is 1.51. The van der Waals surface area contributed by atoms with Crippen molar-refractivity contribution in [2.75, 3.05) is 19.0 Å². The van der Waals surface area contributed by atoms with Crippen LogP contribution in [-0.4, -0.2) is 35.6 Å². The summed E-state index contributed by atoms with van der Waals surface area (Å²) in [5.41, 5.74) is 3.73. The van der Waals surface area contributed by atoms with Gasteiger partial charge in [0.25, 0.3) is 11.1 Å². The number of halogens is 1. The Morgan fingerprint density at radius 2 is 1.79 bits per heavy atom. The van der Waals surface area contributed by atoms with Crippen molar-refractivity contribution in [3.05, 3.63) is 63.0 Å². The van der Waals surface area contributed by atoms with Crippen LogP contribution in [0.25, 0.3) is 6.08 Å². The minimum absolute atomic E-state index is 0.208. The summed E-state index contributed by atoms with van der Waals surface area (Å²) in [4.78, 5) is 39.8. The lowest BCUT2D eigenvalue weighted by Crippen LogP contribution is -2.48. The van der Waals surface area contributed by atoms with E-state index in [-0.39, 0.29) is 12.0 Å². The molecule has 1 saturated heterocycles. The van der Waals surface area contributed by atoms with Gasteiger partial charge in [-0.05, 0) is 122 Å². The second-order valence-electron chi connectivity index (χ2n) is 11.4. The number of thioether (sulfide) groups is 1. The Morgan fingerprint density at radius 1 is 1.11 bits per heavy atom. The van der Waals surface area contributed by atoms with Crippen LogP contribution in [0, 0.1) is 24.7 Å². The quantitative estimate of drug-likeness (QED) is 0.400. The maximum atomic E-state index is 13.2. The minimum atomic E-state index is -0.473. The van der Waals surface area contributed by atoms with Gasteiger partial charge in [0.15, 0.2) is 0 Å². The highest BCUT2D eigenvalue weighted by atomic mass is 35.5. The largest absolute Gasteiger partial charge is 0.496 e. The van der Waals surface area contributed by atoms with E-state index in [9.17, 15) is 14.4 Å². The van der Waals surface area contributed by atoms with Gasteiger partial charge in [0.2, 0.25) is 5.91 Å². The summed E-state index contributed by atoms with van der Waals surface area (Å²) < 4.78 is 5.63. The van der Waals surface area contributed by atoms with Crippen molar-refractivity contribution in [1.82, 2.24) is 4.90 Å². The van der Waals surface area contributed by atoms with Gasteiger partial charge in [-0.25, -0.2) is 0 Å². The molecule has 2 aromatic carbocycles. The molecule has 0 aromatic heterocycles. The van der Waals surface area contributed by atoms with Crippen LogP contribution in [0.5, 0.6) is 5.75 Å². The van der Waals surface area contributed by atoms with E-state index < -0.39 is 17.1 Å². The molecule has 5 fully saturated rings. The van der Waals surface area contributed by atoms with Gasteiger partial charge in [-0.1, -0.05) is 23.7 Å². The molecule has 1 heterocycles. The predicted molar refractivity (Wildman–Crippen MR) is 150 cm³/mol. The molecule has 1 aliphatic heterocycles. The zero-order valence-corrected chi connectivity index (χ0v) is 23.2. The summed E-state index contributed by atoms with van der Waals surface area (Å²) in [7, 11) is 1.62. The number of ether oxygens (including phenoxy) is 1. The van der Waals surface area contributed by atoms with E-state index in [1.165, 1.54) is 44.1 Å². The van der Waals surface area contributed by atoms with Crippen molar-refractivity contribution in [2.24, 2.45) is 17.8 Å². The zero-order valence-electron chi connectivity index (χ0n) is 21.6. The third-order valence-corrected chi connectivity index (χ3v) is 10.1. The number of nitrogens with zero attached hydrogens (tertiary/aromatic N) is 1. The van der Waals surface area contributed by atoms with E-state index in [0.29, 0.717) is 21.4 Å². The summed E-state index contributed by atoms with van der Waals surface area (Å²) in [5, 5.41) is 2.78. The Kier molecular flexibility index (Phi) is 6.55. The van der Waals surface area contributed by atoms with Gasteiger partial charge >= 0.3 is 0 Å². The monoisotopic (exact) mass is 550 g/mol. The molecule has 7 rings (SSSR count). The van der Waals surface area contributed by atoms with E-state index in [4.69, 9.17) is 16.3 Å². The highest BCUT2D eigenvalue weighted by molar-refractivity contribution is 8.18. The normalized spacial score (nSPS) is 28.9. The molecule has 38 heavy (non-hydrogen) atoms. The van der Waals surface area contributed by atoms with Gasteiger partial charge in [-0.15, -0.1) is 0 Å². The van der Waals surface area contributed by atoms with Gasteiger partial charge in [-0.2, -0.15) is 0 Å². The molecule has 4 aliphatic carbocycles. The minimum Gasteiger partial charge on any atom is -0.496 e. The van der Waals surface area contributed by atoms with Crippen LogP contribution >= 0.6 is 23.4 Å². The molecule has 0 radical (unpaired) electrons. The lowest BCUT2D eigenvalue weighted by molar-refractivity contribution is -0.127. The molecule has 0 unspecified atom stereocenters. The first-order valence-electron chi connectivity index (χ1n) is 13.2. The molecular weight excluding hydrogens is 520 g/mol. The van der Waals surface area contributed by atoms with Crippen LogP contribution in [0.2, 0.25) is 5.02 Å². The van der Waals surface area contributed by atoms with E-state index in [0.717, 1.165) is 45.5 Å². The molecule has 2 aromatic rings. The molecule has 1 N–H and O–H groups in total. The Labute approximate surface area is 232 Å². The highest BCUT2D eigenvalue weighted by Crippen LogP contribution is 2.61. The number of benzene rings is 2. The maximum absolute atomic E-state index is 13.2. The number of anilines is 1. The second kappa shape index (κ2) is 9.76. The Bertz CT molecular complexity index is 1330. The first-order valence-corrected chi connectivity index (χ1v) is 14.4. The van der Waals surface area contributed by atoms with E-state index in [1.807, 2.05) is 13.0 Å². The topological polar surface area (TPSA) is 75.7 Å². The summed E-state index contributed by atoms with van der Waals surface area (Å²) in [6.07, 6.45) is 9.58. The van der Waals surface area contributed by atoms with E-state index >= 15 is 0 Å². The Hall–Kier alpha value is -2.77. The zero-order chi connectivity index (χ0) is 26.6. The van der Waals surface area contributed by atoms with Gasteiger partial charge in [0, 0.05) is 16.3 Å². The van der Waals surface area contributed by atoms with Crippen molar-refractivity contribution in [3.63, 3.8) is 0 Å². The fourth-order valence-corrected chi connectivity index (χ4v) is 8.44. The third kappa shape index (κ3) is 4.64. The van der Waals surface area contributed by atoms with E-state index in [1.54, 1.807) is 31.4 Å². The van der Waals surface area contributed by atoms with Crippen molar-refractivity contribution >= 4 is 52.2 Å². The summed E-state index contributed by atoms with van der Waals surface area (Å²) >= 11 is 7.00. The number of nitrogens with one attached hydrogen (secondary N) is 1. The average molecular weight is 551 g/mol. The highest BCUT2D eigenvalue weighted by Gasteiger charge is 2.51. The molecule has 0 spiro atoms. The molecule has 0 atom stereocenters. The number of imide groups is 1. The first-order chi connectivity index (χ1) is 18.2. The van der Waals surface area contributed by atoms with Crippen LogP contribution in [0.15, 0.2) is 41.3 Å². The summed E-state index contributed by atoms with van der Waals surface area (Å²) in [6, 6.07) is 11.5.